The Hall–Kier alpha value is -2.38. The molecule has 1 N–H and O–H groups in total. The van der Waals surface area contributed by atoms with E-state index in [1.807, 2.05) is 12.1 Å². The van der Waals surface area contributed by atoms with Gasteiger partial charge in [0.2, 0.25) is 5.91 Å². The van der Waals surface area contributed by atoms with Crippen LogP contribution < -0.4 is 5.43 Å². The third-order valence-electron chi connectivity index (χ3n) is 3.19. The highest BCUT2D eigenvalue weighted by Crippen LogP contribution is 2.18. The zero-order valence-corrected chi connectivity index (χ0v) is 15.0. The quantitative estimate of drug-likeness (QED) is 0.450. The topological polar surface area (TPSA) is 84.6 Å². The summed E-state index contributed by atoms with van der Waals surface area (Å²) in [7, 11) is 0. The van der Waals surface area contributed by atoms with Crippen molar-refractivity contribution in [3.63, 3.8) is 0 Å². The Morgan fingerprint density at radius 2 is 2.04 bits per heavy atom. The van der Waals surface area contributed by atoms with Crippen molar-refractivity contribution in [2.24, 2.45) is 5.10 Å². The summed E-state index contributed by atoms with van der Waals surface area (Å²) < 4.78 is 0. The molecule has 0 saturated carbocycles. The first-order valence-corrected chi connectivity index (χ1v) is 8.88. The van der Waals surface area contributed by atoms with E-state index in [1.165, 1.54) is 24.0 Å². The van der Waals surface area contributed by atoms with E-state index in [-0.39, 0.29) is 17.3 Å². The second-order valence-corrected chi connectivity index (χ2v) is 6.65. The van der Waals surface area contributed by atoms with Gasteiger partial charge in [0, 0.05) is 16.8 Å². The molecule has 2 rings (SSSR count). The summed E-state index contributed by atoms with van der Waals surface area (Å²) >= 11 is 7.25. The molecule has 1 amide bonds. The fourth-order valence-corrected chi connectivity index (χ4v) is 2.88. The van der Waals surface area contributed by atoms with Crippen molar-refractivity contribution in [2.45, 2.75) is 12.7 Å². The molecule has 0 aliphatic heterocycles. The van der Waals surface area contributed by atoms with Crippen molar-refractivity contribution >= 4 is 41.2 Å². The predicted octanol–water partition coefficient (Wildman–Crippen LogP) is 3.94. The van der Waals surface area contributed by atoms with Crippen LogP contribution in [-0.4, -0.2) is 22.8 Å². The van der Waals surface area contributed by atoms with E-state index < -0.39 is 4.92 Å². The average molecular weight is 378 g/mol. The number of carbonyl (C=O) groups excluding carboxylic acids is 1. The van der Waals surface area contributed by atoms with Gasteiger partial charge in [-0.15, -0.1) is 11.8 Å². The van der Waals surface area contributed by atoms with Crippen LogP contribution in [0.15, 0.2) is 47.6 Å². The van der Waals surface area contributed by atoms with Gasteiger partial charge in [-0.25, -0.2) is 5.43 Å². The van der Waals surface area contributed by atoms with Crippen molar-refractivity contribution in [1.29, 1.82) is 0 Å². The first-order valence-electron chi connectivity index (χ1n) is 7.35. The SMILES string of the molecule is Cc1ccc(C=NNC(=O)CSCc2ccc(Cl)cc2)c([N+](=O)[O-])c1. The van der Waals surface area contributed by atoms with Gasteiger partial charge in [0.1, 0.15) is 0 Å². The van der Waals surface area contributed by atoms with Crippen LogP contribution in [0.25, 0.3) is 0 Å². The Bertz CT molecular complexity index is 794. The number of thioether (sulfide) groups is 1. The Kier molecular flexibility index (Phi) is 6.97. The summed E-state index contributed by atoms with van der Waals surface area (Å²) in [5.74, 6) is 0.637. The average Bonchev–Trinajstić information content (AvgIpc) is 2.58. The lowest BCUT2D eigenvalue weighted by Gasteiger charge is -2.02. The number of hydrogen-bond acceptors (Lipinski definition) is 5. The number of amides is 1. The smallest absolute Gasteiger partial charge is 0.272 e. The maximum absolute atomic E-state index is 11.7. The van der Waals surface area contributed by atoms with E-state index in [0.717, 1.165) is 11.1 Å². The van der Waals surface area contributed by atoms with Gasteiger partial charge in [-0.1, -0.05) is 29.8 Å². The van der Waals surface area contributed by atoms with Crippen LogP contribution in [0, 0.1) is 17.0 Å². The zero-order valence-electron chi connectivity index (χ0n) is 13.4. The number of carbonyl (C=O) groups is 1. The minimum absolute atomic E-state index is 0.0462. The molecule has 0 radical (unpaired) electrons. The van der Waals surface area contributed by atoms with Crippen molar-refractivity contribution in [3.8, 4) is 0 Å². The zero-order chi connectivity index (χ0) is 18.2. The highest BCUT2D eigenvalue weighted by molar-refractivity contribution is 7.99. The minimum atomic E-state index is -0.474. The van der Waals surface area contributed by atoms with Crippen LogP contribution in [0.5, 0.6) is 0 Å². The molecule has 8 heteroatoms. The lowest BCUT2D eigenvalue weighted by molar-refractivity contribution is -0.385. The molecular formula is C17H16ClN3O3S. The van der Waals surface area contributed by atoms with Gasteiger partial charge < -0.3 is 0 Å². The van der Waals surface area contributed by atoms with Crippen molar-refractivity contribution in [2.75, 3.05) is 5.75 Å². The normalized spacial score (nSPS) is 10.8. The van der Waals surface area contributed by atoms with Crippen molar-refractivity contribution in [3.05, 3.63) is 74.3 Å². The first-order chi connectivity index (χ1) is 12.0. The van der Waals surface area contributed by atoms with Gasteiger partial charge in [0.15, 0.2) is 0 Å². The number of aryl methyl sites for hydroxylation is 1. The molecule has 0 aromatic heterocycles. The van der Waals surface area contributed by atoms with Gasteiger partial charge in [-0.05, 0) is 36.2 Å². The molecule has 130 valence electrons. The van der Waals surface area contributed by atoms with Crippen LogP contribution >= 0.6 is 23.4 Å². The molecule has 0 fully saturated rings. The van der Waals surface area contributed by atoms with Crippen molar-refractivity contribution < 1.29 is 9.72 Å². The fraction of sp³-hybridized carbons (Fsp3) is 0.176. The molecule has 0 heterocycles. The van der Waals surface area contributed by atoms with Crippen LogP contribution in [0.1, 0.15) is 16.7 Å². The Labute approximate surface area is 154 Å². The van der Waals surface area contributed by atoms with Gasteiger partial charge in [0.05, 0.1) is 22.5 Å². The van der Waals surface area contributed by atoms with Crippen LogP contribution in [0.2, 0.25) is 5.02 Å². The highest BCUT2D eigenvalue weighted by Gasteiger charge is 2.11. The molecule has 0 unspecified atom stereocenters. The van der Waals surface area contributed by atoms with Crippen LogP contribution in [0.4, 0.5) is 5.69 Å². The van der Waals surface area contributed by atoms with Crippen LogP contribution in [0.3, 0.4) is 0 Å². The monoisotopic (exact) mass is 377 g/mol. The maximum atomic E-state index is 11.7. The number of rotatable bonds is 7. The van der Waals surface area contributed by atoms with Crippen LogP contribution in [-0.2, 0) is 10.5 Å². The summed E-state index contributed by atoms with van der Waals surface area (Å²) in [5, 5.41) is 15.5. The van der Waals surface area contributed by atoms with E-state index in [0.29, 0.717) is 16.3 Å². The maximum Gasteiger partial charge on any atom is 0.278 e. The first kappa shape index (κ1) is 19.0. The Balaban J connectivity index is 1.82. The Morgan fingerprint density at radius 1 is 1.32 bits per heavy atom. The summed E-state index contributed by atoms with van der Waals surface area (Å²) in [6.07, 6.45) is 1.28. The highest BCUT2D eigenvalue weighted by atomic mass is 35.5. The largest absolute Gasteiger partial charge is 0.278 e. The molecule has 0 saturated heterocycles. The number of nitrogens with one attached hydrogen (secondary N) is 1. The summed E-state index contributed by atoms with van der Waals surface area (Å²) in [6.45, 7) is 1.77. The molecular weight excluding hydrogens is 362 g/mol. The number of benzene rings is 2. The molecule has 25 heavy (non-hydrogen) atoms. The second-order valence-electron chi connectivity index (χ2n) is 5.23. The minimum Gasteiger partial charge on any atom is -0.272 e. The molecule has 0 atom stereocenters. The fourth-order valence-electron chi connectivity index (χ4n) is 1.97. The molecule has 2 aromatic carbocycles. The number of hydrogen-bond donors (Lipinski definition) is 1. The molecule has 0 spiro atoms. The predicted molar refractivity (Wildman–Crippen MR) is 101 cm³/mol. The van der Waals surface area contributed by atoms with Gasteiger partial charge in [-0.3, -0.25) is 14.9 Å². The van der Waals surface area contributed by atoms with Gasteiger partial charge >= 0.3 is 0 Å². The number of hydrazone groups is 1. The van der Waals surface area contributed by atoms with E-state index >= 15 is 0 Å². The lowest BCUT2D eigenvalue weighted by atomic mass is 10.1. The molecule has 0 bridgehead atoms. The third-order valence-corrected chi connectivity index (χ3v) is 4.45. The molecule has 6 nitrogen and oxygen atoms in total. The summed E-state index contributed by atoms with van der Waals surface area (Å²) in [6, 6.07) is 12.2. The standard InChI is InChI=1S/C17H16ClN3O3S/c1-12-2-5-14(16(8-12)21(23)24)9-19-20-17(22)11-25-10-13-3-6-15(18)7-4-13/h2-9H,10-11H2,1H3,(H,20,22). The summed E-state index contributed by atoms with van der Waals surface area (Å²) in [5.41, 5.74) is 4.52. The number of nitro groups is 1. The summed E-state index contributed by atoms with van der Waals surface area (Å²) in [4.78, 5) is 22.3. The van der Waals surface area contributed by atoms with E-state index in [4.69, 9.17) is 11.6 Å². The Morgan fingerprint density at radius 3 is 2.72 bits per heavy atom. The molecule has 0 aliphatic rings. The van der Waals surface area contributed by atoms with Gasteiger partial charge in [-0.2, -0.15) is 5.10 Å². The van der Waals surface area contributed by atoms with E-state index in [9.17, 15) is 14.9 Å². The number of nitrogens with zero attached hydrogens (tertiary/aromatic N) is 2. The van der Waals surface area contributed by atoms with Crippen molar-refractivity contribution in [1.82, 2.24) is 5.43 Å². The lowest BCUT2D eigenvalue weighted by Crippen LogP contribution is -2.19. The molecule has 2 aromatic rings. The van der Waals surface area contributed by atoms with E-state index in [1.54, 1.807) is 31.2 Å². The number of nitro benzene ring substituents is 1. The third kappa shape index (κ3) is 6.21. The molecule has 0 aliphatic carbocycles. The second kappa shape index (κ2) is 9.19. The van der Waals surface area contributed by atoms with E-state index in [2.05, 4.69) is 10.5 Å². The number of halogens is 1. The van der Waals surface area contributed by atoms with Gasteiger partial charge in [0.25, 0.3) is 5.69 Å².